The van der Waals surface area contributed by atoms with Crippen LogP contribution in [0.4, 0.5) is 0 Å². The van der Waals surface area contributed by atoms with E-state index in [9.17, 15) is 9.59 Å². The van der Waals surface area contributed by atoms with Crippen molar-refractivity contribution < 1.29 is 19.5 Å². The van der Waals surface area contributed by atoms with Gasteiger partial charge in [-0.05, 0) is 36.5 Å². The van der Waals surface area contributed by atoms with Crippen molar-refractivity contribution in [2.75, 3.05) is 0 Å². The van der Waals surface area contributed by atoms with Crippen LogP contribution in [0.2, 0.25) is 0 Å². The minimum atomic E-state index is -1.55. The first-order valence-corrected chi connectivity index (χ1v) is 7.81. The fraction of sp³-hybridized carbons (Fsp3) is 0.467. The number of benzene rings is 1. The smallest absolute Gasteiger partial charge is 0.396 e. The average molecular weight is 356 g/mol. The lowest BCUT2D eigenvalue weighted by atomic mass is 9.83. The third-order valence-electron chi connectivity index (χ3n) is 3.75. The summed E-state index contributed by atoms with van der Waals surface area (Å²) in [7, 11) is 0. The molecule has 0 aromatic heterocycles. The number of nitrogens with one attached hydrogen (secondary N) is 1. The lowest BCUT2D eigenvalue weighted by Crippen LogP contribution is -2.34. The maximum atomic E-state index is 11.2. The van der Waals surface area contributed by atoms with Crippen molar-refractivity contribution in [1.82, 2.24) is 5.48 Å². The molecule has 21 heavy (non-hydrogen) atoms. The third-order valence-corrected chi connectivity index (χ3v) is 4.28. The summed E-state index contributed by atoms with van der Waals surface area (Å²) in [5.41, 5.74) is 2.98. The Morgan fingerprint density at radius 3 is 2.38 bits per heavy atom. The maximum absolute atomic E-state index is 11.2. The number of carbonyl (C=O) groups is 2. The molecule has 2 rings (SSSR count). The highest BCUT2D eigenvalue weighted by Gasteiger charge is 2.27. The summed E-state index contributed by atoms with van der Waals surface area (Å²) in [6.45, 7) is 0. The van der Waals surface area contributed by atoms with E-state index in [4.69, 9.17) is 9.94 Å². The molecule has 0 heterocycles. The summed E-state index contributed by atoms with van der Waals surface area (Å²) in [5.74, 6) is -2.41. The van der Waals surface area contributed by atoms with Crippen molar-refractivity contribution in [3.63, 3.8) is 0 Å². The first kappa shape index (κ1) is 16.0. The van der Waals surface area contributed by atoms with E-state index in [1.807, 2.05) is 29.7 Å². The van der Waals surface area contributed by atoms with Crippen LogP contribution in [0.15, 0.2) is 28.7 Å². The molecule has 5 nitrogen and oxygen atoms in total. The van der Waals surface area contributed by atoms with Crippen molar-refractivity contribution in [2.45, 2.75) is 38.2 Å². The van der Waals surface area contributed by atoms with Gasteiger partial charge >= 0.3 is 11.9 Å². The number of amides is 1. The number of carboxylic acid groups (broad SMARTS) is 1. The van der Waals surface area contributed by atoms with Gasteiger partial charge in [0.25, 0.3) is 0 Å². The van der Waals surface area contributed by atoms with Crippen molar-refractivity contribution in [2.24, 2.45) is 5.92 Å². The summed E-state index contributed by atoms with van der Waals surface area (Å²) in [4.78, 5) is 27.2. The van der Waals surface area contributed by atoms with Gasteiger partial charge in [-0.25, -0.2) is 10.3 Å². The van der Waals surface area contributed by atoms with Crippen LogP contribution in [0.3, 0.4) is 0 Å². The minimum Gasteiger partial charge on any atom is -0.474 e. The molecule has 114 valence electrons. The van der Waals surface area contributed by atoms with Gasteiger partial charge < -0.3 is 5.11 Å². The number of hydrogen-bond donors (Lipinski definition) is 2. The molecule has 1 amide bonds. The second-order valence-electron chi connectivity index (χ2n) is 5.22. The van der Waals surface area contributed by atoms with E-state index in [1.54, 1.807) is 0 Å². The van der Waals surface area contributed by atoms with Crippen LogP contribution in [0.1, 0.15) is 43.8 Å². The van der Waals surface area contributed by atoms with Crippen LogP contribution in [0, 0.1) is 5.92 Å². The summed E-state index contributed by atoms with van der Waals surface area (Å²) < 4.78 is 0.961. The summed E-state index contributed by atoms with van der Waals surface area (Å²) in [6.07, 6.45) is 5.20. The molecular weight excluding hydrogens is 338 g/mol. The number of hydrogen-bond acceptors (Lipinski definition) is 3. The van der Waals surface area contributed by atoms with E-state index < -0.39 is 11.9 Å². The highest BCUT2D eigenvalue weighted by molar-refractivity contribution is 9.10. The summed E-state index contributed by atoms with van der Waals surface area (Å²) in [5, 5.41) is 8.61. The predicted molar refractivity (Wildman–Crippen MR) is 80.3 cm³/mol. The number of carbonyl (C=O) groups excluding carboxylic acids is 1. The van der Waals surface area contributed by atoms with Gasteiger partial charge in [0.15, 0.2) is 0 Å². The third kappa shape index (κ3) is 4.54. The topological polar surface area (TPSA) is 75.6 Å². The van der Waals surface area contributed by atoms with Gasteiger partial charge in [0.2, 0.25) is 0 Å². The fourth-order valence-corrected chi connectivity index (χ4v) is 2.95. The van der Waals surface area contributed by atoms with Crippen LogP contribution >= 0.6 is 15.9 Å². The van der Waals surface area contributed by atoms with Crippen LogP contribution in [-0.2, 0) is 14.4 Å². The van der Waals surface area contributed by atoms with E-state index in [1.165, 1.54) is 6.42 Å². The normalized spacial score (nSPS) is 17.2. The Hall–Kier alpha value is -1.40. The summed E-state index contributed by atoms with van der Waals surface area (Å²) in [6, 6.07) is 7.67. The zero-order chi connectivity index (χ0) is 15.2. The second-order valence-corrected chi connectivity index (χ2v) is 6.14. The van der Waals surface area contributed by atoms with Crippen LogP contribution in [-0.4, -0.2) is 17.0 Å². The molecule has 0 saturated heterocycles. The quantitative estimate of drug-likeness (QED) is 0.642. The Kier molecular flexibility index (Phi) is 5.76. The average Bonchev–Trinajstić information content (AvgIpc) is 2.50. The molecule has 0 radical (unpaired) electrons. The number of carboxylic acids is 1. The van der Waals surface area contributed by atoms with E-state index in [2.05, 4.69) is 15.9 Å². The van der Waals surface area contributed by atoms with Crippen molar-refractivity contribution in [3.05, 3.63) is 34.3 Å². The standard InChI is InChI=1S/C15H18BrNO4/c16-12-8-6-11(7-9-12)13(10-4-2-1-3-5-10)21-17-14(18)15(19)20/h6-10,13H,1-5H2,(H,17,18)(H,19,20). The number of aliphatic carboxylic acids is 1. The second kappa shape index (κ2) is 7.56. The molecule has 1 aliphatic carbocycles. The van der Waals surface area contributed by atoms with E-state index in [-0.39, 0.29) is 12.0 Å². The van der Waals surface area contributed by atoms with Gasteiger partial charge in [-0.2, -0.15) is 0 Å². The van der Waals surface area contributed by atoms with Gasteiger partial charge in [0.1, 0.15) is 6.10 Å². The monoisotopic (exact) mass is 355 g/mol. The van der Waals surface area contributed by atoms with Crippen molar-refractivity contribution in [3.8, 4) is 0 Å². The number of rotatable bonds is 4. The first-order chi connectivity index (χ1) is 10.1. The first-order valence-electron chi connectivity index (χ1n) is 7.02. The molecule has 1 atom stereocenters. The van der Waals surface area contributed by atoms with Crippen molar-refractivity contribution >= 4 is 27.8 Å². The Labute approximate surface area is 131 Å². The van der Waals surface area contributed by atoms with Gasteiger partial charge in [-0.15, -0.1) is 0 Å². The van der Waals surface area contributed by atoms with Gasteiger partial charge in [0, 0.05) is 4.47 Å². The van der Waals surface area contributed by atoms with Crippen LogP contribution < -0.4 is 5.48 Å². The Morgan fingerprint density at radius 2 is 1.81 bits per heavy atom. The van der Waals surface area contributed by atoms with Crippen LogP contribution in [0.25, 0.3) is 0 Å². The molecule has 6 heteroatoms. The Bertz CT molecular complexity index is 497. The lowest BCUT2D eigenvalue weighted by Gasteiger charge is -2.30. The van der Waals surface area contributed by atoms with E-state index >= 15 is 0 Å². The van der Waals surface area contributed by atoms with Gasteiger partial charge in [-0.3, -0.25) is 9.63 Å². The molecule has 1 unspecified atom stereocenters. The molecule has 0 aliphatic heterocycles. The predicted octanol–water partition coefficient (Wildman–Crippen LogP) is 3.20. The molecule has 0 spiro atoms. The maximum Gasteiger partial charge on any atom is 0.396 e. The number of hydroxylamine groups is 1. The lowest BCUT2D eigenvalue weighted by molar-refractivity contribution is -0.161. The van der Waals surface area contributed by atoms with Crippen LogP contribution in [0.5, 0.6) is 0 Å². The van der Waals surface area contributed by atoms with Gasteiger partial charge in [-0.1, -0.05) is 47.3 Å². The zero-order valence-corrected chi connectivity index (χ0v) is 13.1. The Morgan fingerprint density at radius 1 is 1.19 bits per heavy atom. The zero-order valence-electron chi connectivity index (χ0n) is 11.5. The SMILES string of the molecule is O=C(O)C(=O)NOC(c1ccc(Br)cc1)C1CCCCC1. The molecule has 1 fully saturated rings. The molecular formula is C15H18BrNO4. The summed E-state index contributed by atoms with van der Waals surface area (Å²) >= 11 is 3.38. The van der Waals surface area contributed by atoms with Gasteiger partial charge in [0.05, 0.1) is 0 Å². The molecule has 1 aromatic rings. The molecule has 0 bridgehead atoms. The molecule has 1 aromatic carbocycles. The largest absolute Gasteiger partial charge is 0.474 e. The highest BCUT2D eigenvalue weighted by Crippen LogP contribution is 2.36. The molecule has 2 N–H and O–H groups in total. The van der Waals surface area contributed by atoms with E-state index in [0.29, 0.717) is 0 Å². The number of halogens is 1. The highest BCUT2D eigenvalue weighted by atomic mass is 79.9. The van der Waals surface area contributed by atoms with E-state index in [0.717, 1.165) is 35.7 Å². The van der Waals surface area contributed by atoms with Crippen molar-refractivity contribution in [1.29, 1.82) is 0 Å². The molecule has 1 saturated carbocycles. The minimum absolute atomic E-state index is 0.286. The Balaban J connectivity index is 2.11. The fourth-order valence-electron chi connectivity index (χ4n) is 2.69. The molecule has 1 aliphatic rings.